The van der Waals surface area contributed by atoms with Gasteiger partial charge >= 0.3 is 5.97 Å². The number of aliphatic hydroxyl groups is 1. The summed E-state index contributed by atoms with van der Waals surface area (Å²) in [7, 11) is 0. The predicted molar refractivity (Wildman–Crippen MR) is 128 cm³/mol. The molecule has 1 aromatic heterocycles. The Morgan fingerprint density at radius 1 is 1.23 bits per heavy atom. The summed E-state index contributed by atoms with van der Waals surface area (Å²) in [5.74, 6) is -1.29. The van der Waals surface area contributed by atoms with Crippen LogP contribution in [-0.2, 0) is 14.3 Å². The van der Waals surface area contributed by atoms with Crippen molar-refractivity contribution in [2.24, 2.45) is 4.99 Å². The van der Waals surface area contributed by atoms with Gasteiger partial charge in [0.05, 0.1) is 11.5 Å². The van der Waals surface area contributed by atoms with Gasteiger partial charge in [0.1, 0.15) is 16.4 Å². The van der Waals surface area contributed by atoms with E-state index in [4.69, 9.17) is 4.74 Å². The first-order chi connectivity index (χ1) is 14.8. The molecule has 6 nitrogen and oxygen atoms in total. The van der Waals surface area contributed by atoms with Crippen molar-refractivity contribution in [2.75, 3.05) is 6.61 Å². The molecular weight excluding hydrogens is 480 g/mol. The van der Waals surface area contributed by atoms with Crippen molar-refractivity contribution < 1.29 is 19.4 Å². The Morgan fingerprint density at radius 3 is 2.52 bits per heavy atom. The van der Waals surface area contributed by atoms with Gasteiger partial charge in [0, 0.05) is 28.0 Å². The van der Waals surface area contributed by atoms with E-state index >= 15 is 0 Å². The lowest BCUT2D eigenvalue weighted by molar-refractivity contribution is -0.138. The zero-order valence-corrected chi connectivity index (χ0v) is 20.1. The van der Waals surface area contributed by atoms with E-state index in [0.717, 1.165) is 38.9 Å². The maximum absolute atomic E-state index is 12.4. The molecule has 1 aliphatic heterocycles. The Kier molecular flexibility index (Phi) is 7.23. The number of hydrogen-bond acceptors (Lipinski definition) is 5. The lowest BCUT2D eigenvalue weighted by atomic mass is 10.2. The van der Waals surface area contributed by atoms with Crippen LogP contribution in [0.4, 0.5) is 0 Å². The molecule has 3 rings (SSSR count). The molecule has 0 unspecified atom stereocenters. The molecule has 2 heterocycles. The predicted octanol–water partition coefficient (Wildman–Crippen LogP) is 5.65. The van der Waals surface area contributed by atoms with Crippen LogP contribution in [0.2, 0.25) is 0 Å². The van der Waals surface area contributed by atoms with Gasteiger partial charge in [-0.25, -0.2) is 9.79 Å². The number of ether oxygens (including phenoxy) is 1. The summed E-state index contributed by atoms with van der Waals surface area (Å²) in [4.78, 5) is 28.7. The minimum absolute atomic E-state index is 0.0679. The number of carbonyl (C=O) groups is 2. The molecular formula is C23H23BrN2O4S. The van der Waals surface area contributed by atoms with Crippen LogP contribution in [0, 0.1) is 13.8 Å². The third kappa shape index (κ3) is 4.85. The van der Waals surface area contributed by atoms with E-state index < -0.39 is 5.97 Å². The van der Waals surface area contributed by atoms with Gasteiger partial charge in [-0.2, -0.15) is 0 Å². The number of thioether (sulfide) groups is 1. The number of carbonyl (C=O) groups excluding carboxylic acids is 2. The summed E-state index contributed by atoms with van der Waals surface area (Å²) in [5.41, 5.74) is 3.85. The summed E-state index contributed by atoms with van der Waals surface area (Å²) < 4.78 is 8.17. The molecule has 0 saturated heterocycles. The van der Waals surface area contributed by atoms with Gasteiger partial charge in [-0.05, 0) is 62.7 Å². The highest BCUT2D eigenvalue weighted by Gasteiger charge is 2.33. The Balaban J connectivity index is 2.06. The van der Waals surface area contributed by atoms with E-state index in [9.17, 15) is 14.7 Å². The second kappa shape index (κ2) is 9.70. The smallest absolute Gasteiger partial charge is 0.344 e. The number of aliphatic imine (C=N–C) groups is 1. The SMILES string of the molecule is CCOC(=O)C1=C(O)/C(=C/c2cc(C)n(-c3ccc(Br)cc3)c2C)SC1=NC(=O)CC. The van der Waals surface area contributed by atoms with Crippen molar-refractivity contribution in [3.63, 3.8) is 0 Å². The molecule has 0 atom stereocenters. The quantitative estimate of drug-likeness (QED) is 0.533. The Morgan fingerprint density at radius 2 is 1.90 bits per heavy atom. The maximum Gasteiger partial charge on any atom is 0.344 e. The molecule has 2 aromatic rings. The highest BCUT2D eigenvalue weighted by molar-refractivity contribution is 9.10. The summed E-state index contributed by atoms with van der Waals surface area (Å²) in [5, 5.41) is 10.9. The van der Waals surface area contributed by atoms with Gasteiger partial charge in [0.25, 0.3) is 0 Å². The van der Waals surface area contributed by atoms with Crippen molar-refractivity contribution >= 4 is 50.7 Å². The summed E-state index contributed by atoms with van der Waals surface area (Å²) in [6, 6.07) is 10.00. The average Bonchev–Trinajstić information content (AvgIpc) is 3.18. The van der Waals surface area contributed by atoms with Gasteiger partial charge in [0.15, 0.2) is 0 Å². The number of hydrogen-bond donors (Lipinski definition) is 1. The molecule has 1 amide bonds. The van der Waals surface area contributed by atoms with Crippen molar-refractivity contribution in [3.05, 3.63) is 68.0 Å². The first-order valence-electron chi connectivity index (χ1n) is 9.83. The molecule has 1 aromatic carbocycles. The van der Waals surface area contributed by atoms with Gasteiger partial charge in [-0.3, -0.25) is 4.79 Å². The zero-order chi connectivity index (χ0) is 22.7. The lowest BCUT2D eigenvalue weighted by Gasteiger charge is -2.09. The van der Waals surface area contributed by atoms with Crippen LogP contribution in [0.1, 0.15) is 37.2 Å². The molecule has 0 bridgehead atoms. The molecule has 8 heteroatoms. The normalized spacial score (nSPS) is 16.4. The molecule has 0 radical (unpaired) electrons. The minimum Gasteiger partial charge on any atom is -0.506 e. The number of benzene rings is 1. The number of aryl methyl sites for hydroxylation is 1. The Labute approximate surface area is 193 Å². The monoisotopic (exact) mass is 502 g/mol. The first kappa shape index (κ1) is 23.1. The topological polar surface area (TPSA) is 80.9 Å². The molecule has 1 N–H and O–H groups in total. The second-order valence-electron chi connectivity index (χ2n) is 6.86. The second-order valence-corrected chi connectivity index (χ2v) is 8.80. The fourth-order valence-corrected chi connectivity index (χ4v) is 4.53. The average molecular weight is 503 g/mol. The minimum atomic E-state index is -0.695. The lowest BCUT2D eigenvalue weighted by Crippen LogP contribution is -2.14. The van der Waals surface area contributed by atoms with E-state index in [2.05, 4.69) is 25.5 Å². The van der Waals surface area contributed by atoms with E-state index in [1.165, 1.54) is 0 Å². The third-order valence-corrected chi connectivity index (χ3v) is 6.29. The van der Waals surface area contributed by atoms with E-state index in [1.807, 2.05) is 44.2 Å². The van der Waals surface area contributed by atoms with Gasteiger partial charge in [-0.1, -0.05) is 34.6 Å². The zero-order valence-electron chi connectivity index (χ0n) is 17.7. The van der Waals surface area contributed by atoms with Gasteiger partial charge in [0.2, 0.25) is 5.91 Å². The Hall–Kier alpha value is -2.58. The van der Waals surface area contributed by atoms with E-state index in [0.29, 0.717) is 4.91 Å². The number of amides is 1. The van der Waals surface area contributed by atoms with Gasteiger partial charge < -0.3 is 14.4 Å². The standard InChI is InChI=1S/C23H23BrN2O4S/c1-5-19(27)25-22-20(23(29)30-6-2)21(28)18(31-22)12-15-11-13(3)26(14(15)4)17-9-7-16(24)8-10-17/h7-12,28H,5-6H2,1-4H3/b18-12-,25-22?. The Bertz CT molecular complexity index is 1130. The highest BCUT2D eigenvalue weighted by atomic mass is 79.9. The van der Waals surface area contributed by atoms with Crippen LogP contribution in [0.25, 0.3) is 11.8 Å². The van der Waals surface area contributed by atoms with Crippen LogP contribution in [-0.4, -0.2) is 33.2 Å². The summed E-state index contributed by atoms with van der Waals surface area (Å²) in [6.45, 7) is 7.52. The van der Waals surface area contributed by atoms with E-state index in [1.54, 1.807) is 19.9 Å². The maximum atomic E-state index is 12.4. The molecule has 0 aliphatic carbocycles. The number of rotatable bonds is 5. The molecule has 1 aliphatic rings. The number of aliphatic hydroxyl groups excluding tert-OH is 1. The fourth-order valence-electron chi connectivity index (χ4n) is 3.25. The van der Waals surface area contributed by atoms with Crippen molar-refractivity contribution in [3.8, 4) is 5.69 Å². The summed E-state index contributed by atoms with van der Waals surface area (Å²) >= 11 is 4.54. The molecule has 162 valence electrons. The number of nitrogens with zero attached hydrogens (tertiary/aromatic N) is 2. The van der Waals surface area contributed by atoms with Crippen LogP contribution < -0.4 is 0 Å². The van der Waals surface area contributed by atoms with Crippen molar-refractivity contribution in [1.29, 1.82) is 0 Å². The number of esters is 1. The molecule has 0 saturated carbocycles. The van der Waals surface area contributed by atoms with Gasteiger partial charge in [-0.15, -0.1) is 0 Å². The molecule has 0 spiro atoms. The third-order valence-electron chi connectivity index (χ3n) is 4.74. The number of aromatic nitrogens is 1. The van der Waals surface area contributed by atoms with Crippen LogP contribution in [0.5, 0.6) is 0 Å². The van der Waals surface area contributed by atoms with Crippen molar-refractivity contribution in [2.45, 2.75) is 34.1 Å². The molecule has 0 fully saturated rings. The first-order valence-corrected chi connectivity index (χ1v) is 11.4. The number of halogens is 1. The molecule has 31 heavy (non-hydrogen) atoms. The largest absolute Gasteiger partial charge is 0.506 e. The van der Waals surface area contributed by atoms with Crippen LogP contribution in [0.3, 0.4) is 0 Å². The van der Waals surface area contributed by atoms with E-state index in [-0.39, 0.29) is 35.3 Å². The van der Waals surface area contributed by atoms with Crippen LogP contribution in [0.15, 0.2) is 56.0 Å². The highest BCUT2D eigenvalue weighted by Crippen LogP contribution is 2.40. The van der Waals surface area contributed by atoms with Crippen molar-refractivity contribution in [1.82, 2.24) is 4.57 Å². The summed E-state index contributed by atoms with van der Waals surface area (Å²) in [6.07, 6.45) is 2.00. The van der Waals surface area contributed by atoms with Crippen LogP contribution >= 0.6 is 27.7 Å². The fraction of sp³-hybridized carbons (Fsp3) is 0.261.